The first-order valence-electron chi connectivity index (χ1n) is 7.02. The fourth-order valence-corrected chi connectivity index (χ4v) is 3.41. The number of thiophene rings is 1. The molecule has 21 heavy (non-hydrogen) atoms. The number of hydrogen-bond acceptors (Lipinski definition) is 4. The summed E-state index contributed by atoms with van der Waals surface area (Å²) >= 11 is 1.72. The molecule has 0 aliphatic heterocycles. The number of ether oxygens (including phenoxy) is 1. The zero-order chi connectivity index (χ0) is 14.7. The highest BCUT2D eigenvalue weighted by atomic mass is 32.1. The number of fused-ring (bicyclic) bond motifs is 1. The van der Waals surface area contributed by atoms with Gasteiger partial charge in [0.2, 0.25) is 0 Å². The second kappa shape index (κ2) is 6.24. The van der Waals surface area contributed by atoms with E-state index in [9.17, 15) is 0 Å². The Morgan fingerprint density at radius 2 is 2.19 bits per heavy atom. The first-order chi connectivity index (χ1) is 10.3. The van der Waals surface area contributed by atoms with Gasteiger partial charge in [0.25, 0.3) is 0 Å². The summed E-state index contributed by atoms with van der Waals surface area (Å²) in [5, 5.41) is 6.76. The van der Waals surface area contributed by atoms with E-state index in [-0.39, 0.29) is 6.04 Å². The molecule has 0 radical (unpaired) electrons. The summed E-state index contributed by atoms with van der Waals surface area (Å²) in [5.74, 6) is 0.917. The van der Waals surface area contributed by atoms with E-state index >= 15 is 0 Å². The van der Waals surface area contributed by atoms with Gasteiger partial charge >= 0.3 is 0 Å². The van der Waals surface area contributed by atoms with Crippen molar-refractivity contribution in [3.63, 3.8) is 0 Å². The van der Waals surface area contributed by atoms with Gasteiger partial charge in [0, 0.05) is 21.8 Å². The molecule has 0 spiro atoms. The van der Waals surface area contributed by atoms with Crippen molar-refractivity contribution in [2.45, 2.75) is 13.0 Å². The molecule has 3 nitrogen and oxygen atoms in total. The van der Waals surface area contributed by atoms with Crippen molar-refractivity contribution < 1.29 is 4.74 Å². The molecule has 0 bridgehead atoms. The molecule has 1 N–H and O–H groups in total. The molecule has 1 unspecified atom stereocenters. The molecule has 4 heteroatoms. The lowest BCUT2D eigenvalue weighted by Crippen LogP contribution is -2.21. The van der Waals surface area contributed by atoms with Crippen LogP contribution in [0.15, 0.2) is 48.0 Å². The summed E-state index contributed by atoms with van der Waals surface area (Å²) in [7, 11) is 1.70. The predicted octanol–water partition coefficient (Wildman–Crippen LogP) is 4.00. The lowest BCUT2D eigenvalue weighted by Gasteiger charge is -2.17. The minimum absolute atomic E-state index is 0.188. The Balaban J connectivity index is 2.01. The molecular weight excluding hydrogens is 280 g/mol. The van der Waals surface area contributed by atoms with E-state index in [4.69, 9.17) is 4.74 Å². The van der Waals surface area contributed by atoms with Gasteiger partial charge in [-0.15, -0.1) is 11.3 Å². The van der Waals surface area contributed by atoms with Gasteiger partial charge < -0.3 is 10.1 Å². The van der Waals surface area contributed by atoms with Gasteiger partial charge in [-0.1, -0.05) is 19.1 Å². The van der Waals surface area contributed by atoms with Gasteiger partial charge in [-0.3, -0.25) is 4.98 Å². The van der Waals surface area contributed by atoms with Crippen LogP contribution in [0.5, 0.6) is 5.75 Å². The van der Waals surface area contributed by atoms with Crippen molar-refractivity contribution in [3.8, 4) is 5.75 Å². The standard InChI is InChI=1S/C17H18N2OS/c1-3-18-17(16-10-14(20-2)11-21-16)13-6-7-15-12(9-13)5-4-8-19-15/h4-11,17-18H,3H2,1-2H3. The molecule has 0 aliphatic carbocycles. The number of nitrogens with zero attached hydrogens (tertiary/aromatic N) is 1. The van der Waals surface area contributed by atoms with Crippen LogP contribution in [-0.2, 0) is 0 Å². The van der Waals surface area contributed by atoms with Gasteiger partial charge in [0.1, 0.15) is 5.75 Å². The fraction of sp³-hybridized carbons (Fsp3) is 0.235. The highest BCUT2D eigenvalue weighted by Gasteiger charge is 2.16. The lowest BCUT2D eigenvalue weighted by atomic mass is 10.0. The van der Waals surface area contributed by atoms with E-state index in [1.54, 1.807) is 18.4 Å². The number of methoxy groups -OCH3 is 1. The lowest BCUT2D eigenvalue weighted by molar-refractivity contribution is 0.416. The third kappa shape index (κ3) is 2.91. The second-order valence-corrected chi connectivity index (χ2v) is 5.78. The first-order valence-corrected chi connectivity index (χ1v) is 7.90. The largest absolute Gasteiger partial charge is 0.496 e. The molecule has 2 heterocycles. The average Bonchev–Trinajstić information content (AvgIpc) is 3.01. The Bertz CT molecular complexity index is 738. The van der Waals surface area contributed by atoms with Gasteiger partial charge in [0.05, 0.1) is 18.7 Å². The molecule has 0 saturated carbocycles. The van der Waals surface area contributed by atoms with Crippen LogP contribution in [0.25, 0.3) is 10.9 Å². The monoisotopic (exact) mass is 298 g/mol. The minimum Gasteiger partial charge on any atom is -0.496 e. The molecule has 2 aromatic heterocycles. The predicted molar refractivity (Wildman–Crippen MR) is 88.1 cm³/mol. The maximum Gasteiger partial charge on any atom is 0.129 e. The third-order valence-corrected chi connectivity index (χ3v) is 4.46. The van der Waals surface area contributed by atoms with Crippen LogP contribution in [0.2, 0.25) is 0 Å². The Hall–Kier alpha value is -1.91. The maximum atomic E-state index is 5.30. The second-order valence-electron chi connectivity index (χ2n) is 4.84. The Morgan fingerprint density at radius 1 is 1.29 bits per heavy atom. The Morgan fingerprint density at radius 3 is 2.95 bits per heavy atom. The summed E-state index contributed by atoms with van der Waals surface area (Å²) in [4.78, 5) is 5.64. The zero-order valence-corrected chi connectivity index (χ0v) is 13.0. The van der Waals surface area contributed by atoms with Gasteiger partial charge in [-0.05, 0) is 36.4 Å². The van der Waals surface area contributed by atoms with E-state index in [0.717, 1.165) is 17.8 Å². The number of pyridine rings is 1. The molecule has 1 atom stereocenters. The normalized spacial score (nSPS) is 12.5. The van der Waals surface area contributed by atoms with Crippen molar-refractivity contribution in [2.75, 3.05) is 13.7 Å². The fourth-order valence-electron chi connectivity index (χ4n) is 2.45. The highest BCUT2D eigenvalue weighted by Crippen LogP contribution is 2.32. The quantitative estimate of drug-likeness (QED) is 0.773. The van der Waals surface area contributed by atoms with Crippen molar-refractivity contribution in [2.24, 2.45) is 0 Å². The van der Waals surface area contributed by atoms with E-state index in [1.807, 2.05) is 17.6 Å². The van der Waals surface area contributed by atoms with Crippen LogP contribution in [0, 0.1) is 0 Å². The summed E-state index contributed by atoms with van der Waals surface area (Å²) in [6.45, 7) is 3.04. The highest BCUT2D eigenvalue weighted by molar-refractivity contribution is 7.10. The smallest absolute Gasteiger partial charge is 0.129 e. The molecule has 0 fully saturated rings. The van der Waals surface area contributed by atoms with Crippen LogP contribution in [-0.4, -0.2) is 18.6 Å². The van der Waals surface area contributed by atoms with Crippen LogP contribution in [0.3, 0.4) is 0 Å². The molecule has 0 aliphatic rings. The number of rotatable bonds is 5. The van der Waals surface area contributed by atoms with E-state index in [1.165, 1.54) is 15.8 Å². The van der Waals surface area contributed by atoms with Gasteiger partial charge in [-0.2, -0.15) is 0 Å². The first kappa shape index (κ1) is 14.0. The summed E-state index contributed by atoms with van der Waals surface area (Å²) < 4.78 is 5.30. The van der Waals surface area contributed by atoms with Crippen LogP contribution in [0.4, 0.5) is 0 Å². The number of hydrogen-bond donors (Lipinski definition) is 1. The Kier molecular flexibility index (Phi) is 4.18. The maximum absolute atomic E-state index is 5.30. The summed E-state index contributed by atoms with van der Waals surface area (Å²) in [6.07, 6.45) is 1.83. The van der Waals surface area contributed by atoms with Crippen molar-refractivity contribution in [3.05, 3.63) is 58.4 Å². The van der Waals surface area contributed by atoms with Gasteiger partial charge in [-0.25, -0.2) is 0 Å². The van der Waals surface area contributed by atoms with Crippen molar-refractivity contribution in [1.29, 1.82) is 0 Å². The minimum atomic E-state index is 0.188. The Labute approximate surface area is 128 Å². The van der Waals surface area contributed by atoms with Crippen LogP contribution in [0.1, 0.15) is 23.4 Å². The van der Waals surface area contributed by atoms with Crippen molar-refractivity contribution in [1.82, 2.24) is 10.3 Å². The SMILES string of the molecule is CCNC(c1ccc2ncccc2c1)c1cc(OC)cs1. The zero-order valence-electron chi connectivity index (χ0n) is 12.2. The molecule has 3 rings (SSSR count). The third-order valence-electron chi connectivity index (χ3n) is 3.48. The van der Waals surface area contributed by atoms with Gasteiger partial charge in [0.15, 0.2) is 0 Å². The molecule has 3 aromatic rings. The number of nitrogens with one attached hydrogen (secondary N) is 1. The topological polar surface area (TPSA) is 34.2 Å². The summed E-state index contributed by atoms with van der Waals surface area (Å²) in [6, 6.07) is 12.8. The number of aromatic nitrogens is 1. The van der Waals surface area contributed by atoms with E-state index in [0.29, 0.717) is 0 Å². The van der Waals surface area contributed by atoms with E-state index in [2.05, 4.69) is 47.6 Å². The number of benzene rings is 1. The molecule has 0 amide bonds. The molecule has 0 saturated heterocycles. The molecule has 1 aromatic carbocycles. The summed E-state index contributed by atoms with van der Waals surface area (Å²) in [5.41, 5.74) is 2.28. The molecular formula is C17H18N2OS. The van der Waals surface area contributed by atoms with E-state index < -0.39 is 0 Å². The van der Waals surface area contributed by atoms with Crippen LogP contribution >= 0.6 is 11.3 Å². The van der Waals surface area contributed by atoms with Crippen molar-refractivity contribution >= 4 is 22.2 Å². The molecule has 108 valence electrons. The average molecular weight is 298 g/mol. The van der Waals surface area contributed by atoms with Crippen LogP contribution < -0.4 is 10.1 Å².